The molecule has 11 heteroatoms. The molecule has 0 radical (unpaired) electrons. The molecular formula is C26H20F4N4O3. The van der Waals surface area contributed by atoms with Gasteiger partial charge in [0.25, 0.3) is 0 Å². The first kappa shape index (κ1) is 25.8. The Labute approximate surface area is 208 Å². The number of nitrogens with one attached hydrogen (secondary N) is 1. The Bertz CT molecular complexity index is 1370. The molecule has 0 bridgehead atoms. The summed E-state index contributed by atoms with van der Waals surface area (Å²) < 4.78 is 52.7. The van der Waals surface area contributed by atoms with Crippen molar-refractivity contribution in [2.75, 3.05) is 5.32 Å². The number of hydrogen-bond donors (Lipinski definition) is 2. The number of nitrogens with zero attached hydrogens (tertiary/aromatic N) is 3. The summed E-state index contributed by atoms with van der Waals surface area (Å²) in [5.74, 6) is -5.90. The van der Waals surface area contributed by atoms with Gasteiger partial charge >= 0.3 is 12.1 Å². The molecule has 2 N–H and O–H groups in total. The van der Waals surface area contributed by atoms with Crippen LogP contribution in [0, 0.1) is 29.0 Å². The zero-order chi connectivity index (χ0) is 26.7. The number of carbonyl (C=O) groups is 2. The van der Waals surface area contributed by atoms with Gasteiger partial charge in [0.1, 0.15) is 11.9 Å². The Morgan fingerprint density at radius 1 is 1.08 bits per heavy atom. The van der Waals surface area contributed by atoms with E-state index in [1.807, 2.05) is 6.07 Å². The van der Waals surface area contributed by atoms with Crippen LogP contribution in [0.15, 0.2) is 54.7 Å². The van der Waals surface area contributed by atoms with Crippen molar-refractivity contribution in [2.45, 2.75) is 31.4 Å². The van der Waals surface area contributed by atoms with Gasteiger partial charge in [-0.3, -0.25) is 9.59 Å². The van der Waals surface area contributed by atoms with Crippen molar-refractivity contribution in [3.05, 3.63) is 77.2 Å². The molecule has 0 aliphatic heterocycles. The van der Waals surface area contributed by atoms with E-state index in [1.165, 1.54) is 6.20 Å². The Hall–Kier alpha value is -4.33. The fourth-order valence-electron chi connectivity index (χ4n) is 4.70. The lowest BCUT2D eigenvalue weighted by Gasteiger charge is -2.35. The molecular weight excluding hydrogens is 492 g/mol. The molecule has 190 valence electrons. The van der Waals surface area contributed by atoms with Crippen molar-refractivity contribution in [1.82, 2.24) is 10.2 Å². The van der Waals surface area contributed by atoms with Crippen LogP contribution in [-0.2, 0) is 15.8 Å². The Balaban J connectivity index is 1.55. The van der Waals surface area contributed by atoms with Crippen molar-refractivity contribution in [3.8, 4) is 17.3 Å². The third-order valence-corrected chi connectivity index (χ3v) is 6.49. The van der Waals surface area contributed by atoms with Crippen LogP contribution in [0.3, 0.4) is 0 Å². The van der Waals surface area contributed by atoms with Gasteiger partial charge < -0.3 is 10.4 Å². The maximum absolute atomic E-state index is 14.3. The van der Waals surface area contributed by atoms with Crippen LogP contribution < -0.4 is 5.32 Å². The topological polar surface area (TPSA) is 116 Å². The smallest absolute Gasteiger partial charge is 0.416 e. The van der Waals surface area contributed by atoms with Gasteiger partial charge in [0, 0.05) is 5.56 Å². The summed E-state index contributed by atoms with van der Waals surface area (Å²) in [5, 5.41) is 29.1. The number of aromatic nitrogens is 2. The molecule has 2 aromatic carbocycles. The van der Waals surface area contributed by atoms with Gasteiger partial charge in [-0.25, -0.2) is 4.39 Å². The number of anilines is 1. The molecule has 3 atom stereocenters. The van der Waals surface area contributed by atoms with Crippen LogP contribution in [0.1, 0.15) is 41.9 Å². The Morgan fingerprint density at radius 2 is 1.81 bits per heavy atom. The largest absolute Gasteiger partial charge is 0.481 e. The first-order valence-electron chi connectivity index (χ1n) is 11.3. The molecule has 0 unspecified atom stereocenters. The van der Waals surface area contributed by atoms with Crippen LogP contribution in [0.25, 0.3) is 11.3 Å². The molecule has 1 saturated carbocycles. The van der Waals surface area contributed by atoms with Crippen molar-refractivity contribution >= 4 is 17.6 Å². The van der Waals surface area contributed by atoms with Gasteiger partial charge in [-0.1, -0.05) is 30.7 Å². The lowest BCUT2D eigenvalue weighted by molar-refractivity contribution is -0.148. The normalized spacial score (nSPS) is 19.6. The lowest BCUT2D eigenvalue weighted by Crippen LogP contribution is -2.40. The third kappa shape index (κ3) is 5.58. The van der Waals surface area contributed by atoms with Crippen molar-refractivity contribution in [2.24, 2.45) is 11.8 Å². The summed E-state index contributed by atoms with van der Waals surface area (Å²) in [7, 11) is 0. The minimum atomic E-state index is -4.74. The van der Waals surface area contributed by atoms with E-state index >= 15 is 0 Å². The van der Waals surface area contributed by atoms with E-state index in [0.29, 0.717) is 41.3 Å². The molecule has 1 aliphatic carbocycles. The van der Waals surface area contributed by atoms with E-state index in [0.717, 1.165) is 6.07 Å². The van der Waals surface area contributed by atoms with E-state index in [2.05, 4.69) is 15.5 Å². The number of rotatable bonds is 5. The standard InChI is InChI=1S/C26H20F4N4O3/c27-20-11-17(26(28,29)30)8-9-21(20)33-24(35)19-3-1-2-18(23(19)25(36)37)15-4-6-16(7-5-15)22-10-14(12-31)13-32-34-22/h4-11,13,18-19,23H,1-3H2,(H,33,35)(H,36,37)/t18-,19-,23+/m0/s1. The maximum atomic E-state index is 14.3. The lowest BCUT2D eigenvalue weighted by atomic mass is 9.69. The molecule has 1 amide bonds. The van der Waals surface area contributed by atoms with Gasteiger partial charge in [0.05, 0.1) is 40.5 Å². The summed E-state index contributed by atoms with van der Waals surface area (Å²) in [6.07, 6.45) is -2.15. The Morgan fingerprint density at radius 3 is 2.43 bits per heavy atom. The van der Waals surface area contributed by atoms with E-state index in [4.69, 9.17) is 5.26 Å². The first-order chi connectivity index (χ1) is 17.6. The third-order valence-electron chi connectivity index (χ3n) is 6.49. The monoisotopic (exact) mass is 512 g/mol. The molecule has 7 nitrogen and oxygen atoms in total. The predicted octanol–water partition coefficient (Wildman–Crippen LogP) is 5.40. The number of benzene rings is 2. The minimum absolute atomic E-state index is 0.232. The summed E-state index contributed by atoms with van der Waals surface area (Å²) in [5.41, 5.74) is 0.514. The maximum Gasteiger partial charge on any atom is 0.416 e. The second-order valence-corrected chi connectivity index (χ2v) is 8.75. The first-order valence-corrected chi connectivity index (χ1v) is 11.3. The van der Waals surface area contributed by atoms with Crippen LogP contribution >= 0.6 is 0 Å². The van der Waals surface area contributed by atoms with Crippen molar-refractivity contribution < 1.29 is 32.3 Å². The molecule has 1 fully saturated rings. The highest BCUT2D eigenvalue weighted by Crippen LogP contribution is 2.42. The highest BCUT2D eigenvalue weighted by atomic mass is 19.4. The van der Waals surface area contributed by atoms with Crippen LogP contribution in [-0.4, -0.2) is 27.2 Å². The van der Waals surface area contributed by atoms with Crippen LogP contribution in [0.2, 0.25) is 0 Å². The van der Waals surface area contributed by atoms with E-state index < -0.39 is 52.9 Å². The number of amides is 1. The SMILES string of the molecule is N#Cc1cnnc(-c2ccc([C@@H]3CCC[C@H](C(=O)Nc4ccc(C(F)(F)F)cc4F)[C@@H]3C(=O)O)cc2)c1. The number of aliphatic carboxylic acids is 1. The highest BCUT2D eigenvalue weighted by Gasteiger charge is 2.43. The molecule has 4 rings (SSSR count). The molecule has 0 saturated heterocycles. The average molecular weight is 512 g/mol. The number of carboxylic acid groups (broad SMARTS) is 1. The van der Waals surface area contributed by atoms with E-state index in [-0.39, 0.29) is 12.5 Å². The number of halogens is 4. The van der Waals surface area contributed by atoms with Crippen LogP contribution in [0.4, 0.5) is 23.2 Å². The summed E-state index contributed by atoms with van der Waals surface area (Å²) in [6.45, 7) is 0. The molecule has 1 aromatic heterocycles. The van der Waals surface area contributed by atoms with Crippen LogP contribution in [0.5, 0.6) is 0 Å². The quantitative estimate of drug-likeness (QED) is 0.443. The van der Waals surface area contributed by atoms with Gasteiger partial charge in [-0.2, -0.15) is 28.6 Å². The second-order valence-electron chi connectivity index (χ2n) is 8.75. The molecule has 3 aromatic rings. The van der Waals surface area contributed by atoms with Gasteiger partial charge in [-0.05, 0) is 48.6 Å². The molecule has 1 aliphatic rings. The van der Waals surface area contributed by atoms with Gasteiger partial charge in [0.2, 0.25) is 5.91 Å². The van der Waals surface area contributed by atoms with E-state index in [1.54, 1.807) is 30.3 Å². The van der Waals surface area contributed by atoms with Crippen molar-refractivity contribution in [1.29, 1.82) is 5.26 Å². The summed E-state index contributed by atoms with van der Waals surface area (Å²) in [6, 6.07) is 12.2. The average Bonchev–Trinajstić information content (AvgIpc) is 2.88. The molecule has 0 spiro atoms. The fraction of sp³-hybridized carbons (Fsp3) is 0.269. The molecule has 37 heavy (non-hydrogen) atoms. The number of carboxylic acids is 1. The van der Waals surface area contributed by atoms with Gasteiger partial charge in [-0.15, -0.1) is 0 Å². The highest BCUT2D eigenvalue weighted by molar-refractivity contribution is 5.95. The number of nitriles is 1. The predicted molar refractivity (Wildman–Crippen MR) is 123 cm³/mol. The summed E-state index contributed by atoms with van der Waals surface area (Å²) >= 11 is 0. The number of alkyl halides is 3. The number of hydrogen-bond acceptors (Lipinski definition) is 5. The Kier molecular flexibility index (Phi) is 7.20. The number of carbonyl (C=O) groups excluding carboxylic acids is 1. The second kappa shape index (κ2) is 10.3. The zero-order valence-corrected chi connectivity index (χ0v) is 19.2. The zero-order valence-electron chi connectivity index (χ0n) is 19.2. The molecule has 1 heterocycles. The summed E-state index contributed by atoms with van der Waals surface area (Å²) in [4.78, 5) is 25.2. The van der Waals surface area contributed by atoms with Crippen molar-refractivity contribution in [3.63, 3.8) is 0 Å². The van der Waals surface area contributed by atoms with Gasteiger partial charge in [0.15, 0.2) is 0 Å². The minimum Gasteiger partial charge on any atom is -0.481 e. The van der Waals surface area contributed by atoms with E-state index in [9.17, 15) is 32.3 Å². The fourth-order valence-corrected chi connectivity index (χ4v) is 4.70.